The van der Waals surface area contributed by atoms with Crippen LogP contribution in [0.25, 0.3) is 11.4 Å². The maximum Gasteiger partial charge on any atom is 0.252 e. The topological polar surface area (TPSA) is 55.3 Å². The second kappa shape index (κ2) is 7.45. The number of halogens is 2. The van der Waals surface area contributed by atoms with Crippen molar-refractivity contribution in [2.24, 2.45) is 5.41 Å². The van der Waals surface area contributed by atoms with Crippen molar-refractivity contribution >= 4 is 5.91 Å². The summed E-state index contributed by atoms with van der Waals surface area (Å²) >= 11 is 0. The molecular weight excluding hydrogens is 340 g/mol. The monoisotopic (exact) mass is 361 g/mol. The van der Waals surface area contributed by atoms with E-state index in [0.29, 0.717) is 6.42 Å². The van der Waals surface area contributed by atoms with Crippen molar-refractivity contribution < 1.29 is 18.4 Å². The predicted molar refractivity (Wildman–Crippen MR) is 91.8 cm³/mol. The SMILES string of the molecule is CON(C)C(=O)C1(Cc2ccc(F)c(-c3ncc(F)cn3)c2)CCCC1. The van der Waals surface area contributed by atoms with Crippen LogP contribution in [0.4, 0.5) is 8.78 Å². The van der Waals surface area contributed by atoms with Gasteiger partial charge in [0.1, 0.15) is 5.82 Å². The molecule has 5 nitrogen and oxygen atoms in total. The van der Waals surface area contributed by atoms with E-state index in [2.05, 4.69) is 9.97 Å². The van der Waals surface area contributed by atoms with Gasteiger partial charge in [-0.1, -0.05) is 18.9 Å². The summed E-state index contributed by atoms with van der Waals surface area (Å²) in [5, 5.41) is 1.26. The average Bonchev–Trinajstić information content (AvgIpc) is 3.12. The standard InChI is InChI=1S/C19H21F2N3O2/c1-24(26-2)18(25)19(7-3-4-8-19)10-13-5-6-16(21)15(9-13)17-22-11-14(20)12-23-17/h5-6,9,11-12H,3-4,7-8,10H2,1-2H3. The third-order valence-corrected chi connectivity index (χ3v) is 5.01. The minimum atomic E-state index is -0.580. The van der Waals surface area contributed by atoms with Crippen LogP contribution in [0, 0.1) is 17.0 Å². The molecule has 1 aromatic heterocycles. The zero-order chi connectivity index (χ0) is 18.7. The van der Waals surface area contributed by atoms with E-state index < -0.39 is 17.0 Å². The molecule has 1 amide bonds. The Balaban J connectivity index is 1.92. The van der Waals surface area contributed by atoms with Gasteiger partial charge >= 0.3 is 0 Å². The fourth-order valence-corrected chi connectivity index (χ4v) is 3.63. The lowest BCUT2D eigenvalue weighted by Crippen LogP contribution is -2.41. The Morgan fingerprint density at radius 3 is 2.50 bits per heavy atom. The molecular formula is C19H21F2N3O2. The van der Waals surface area contributed by atoms with Crippen LogP contribution in [0.1, 0.15) is 31.2 Å². The van der Waals surface area contributed by atoms with E-state index in [-0.39, 0.29) is 17.3 Å². The fourth-order valence-electron chi connectivity index (χ4n) is 3.63. The Bertz CT molecular complexity index is 790. The summed E-state index contributed by atoms with van der Waals surface area (Å²) in [6.07, 6.45) is 5.96. The first kappa shape index (κ1) is 18.4. The van der Waals surface area contributed by atoms with Crippen LogP contribution < -0.4 is 0 Å². The summed E-state index contributed by atoms with van der Waals surface area (Å²) in [6.45, 7) is 0. The summed E-state index contributed by atoms with van der Waals surface area (Å²) in [4.78, 5) is 25.6. The molecule has 1 heterocycles. The molecule has 0 atom stereocenters. The van der Waals surface area contributed by atoms with E-state index in [4.69, 9.17) is 4.84 Å². The summed E-state index contributed by atoms with van der Waals surface area (Å²) in [7, 11) is 3.06. The molecule has 2 aromatic rings. The number of hydrogen-bond acceptors (Lipinski definition) is 4. The highest BCUT2D eigenvalue weighted by atomic mass is 19.1. The number of aromatic nitrogens is 2. The van der Waals surface area contributed by atoms with E-state index >= 15 is 0 Å². The zero-order valence-electron chi connectivity index (χ0n) is 14.8. The number of hydroxylamine groups is 2. The van der Waals surface area contributed by atoms with Crippen LogP contribution in [0.3, 0.4) is 0 Å². The minimum Gasteiger partial charge on any atom is -0.275 e. The number of nitrogens with zero attached hydrogens (tertiary/aromatic N) is 3. The van der Waals surface area contributed by atoms with Gasteiger partial charge in [0.25, 0.3) is 5.91 Å². The fraction of sp³-hybridized carbons (Fsp3) is 0.421. The number of carbonyl (C=O) groups is 1. The lowest BCUT2D eigenvalue weighted by Gasteiger charge is -2.31. The predicted octanol–water partition coefficient (Wildman–Crippen LogP) is 3.54. The van der Waals surface area contributed by atoms with Gasteiger partial charge < -0.3 is 0 Å². The molecule has 0 unspecified atom stereocenters. The van der Waals surface area contributed by atoms with E-state index in [1.807, 2.05) is 0 Å². The van der Waals surface area contributed by atoms with Gasteiger partial charge in [-0.25, -0.2) is 23.8 Å². The first-order chi connectivity index (χ1) is 12.4. The van der Waals surface area contributed by atoms with E-state index in [0.717, 1.165) is 43.6 Å². The van der Waals surface area contributed by atoms with Gasteiger partial charge in [-0.05, 0) is 37.0 Å². The Hall–Kier alpha value is -2.41. The van der Waals surface area contributed by atoms with Gasteiger partial charge in [0.15, 0.2) is 11.6 Å². The molecule has 1 aliphatic carbocycles. The van der Waals surface area contributed by atoms with Crippen molar-refractivity contribution in [3.63, 3.8) is 0 Å². The molecule has 1 fully saturated rings. The number of carbonyl (C=O) groups excluding carboxylic acids is 1. The highest BCUT2D eigenvalue weighted by Crippen LogP contribution is 2.43. The van der Waals surface area contributed by atoms with Crippen LogP contribution >= 0.6 is 0 Å². The molecule has 3 rings (SSSR count). The third kappa shape index (κ3) is 3.58. The Morgan fingerprint density at radius 2 is 1.88 bits per heavy atom. The summed E-state index contributed by atoms with van der Waals surface area (Å²) in [6, 6.07) is 4.65. The third-order valence-electron chi connectivity index (χ3n) is 5.01. The Kier molecular flexibility index (Phi) is 5.27. The van der Waals surface area contributed by atoms with E-state index in [1.54, 1.807) is 19.2 Å². The maximum atomic E-state index is 14.2. The van der Waals surface area contributed by atoms with Crippen LogP contribution in [-0.2, 0) is 16.1 Å². The average molecular weight is 361 g/mol. The molecule has 0 N–H and O–H groups in total. The molecule has 138 valence electrons. The minimum absolute atomic E-state index is 0.0681. The molecule has 26 heavy (non-hydrogen) atoms. The second-order valence-electron chi connectivity index (χ2n) is 6.69. The highest BCUT2D eigenvalue weighted by Gasteiger charge is 2.43. The first-order valence-electron chi connectivity index (χ1n) is 8.54. The molecule has 0 aliphatic heterocycles. The second-order valence-corrected chi connectivity index (χ2v) is 6.69. The van der Waals surface area contributed by atoms with Gasteiger partial charge in [0.05, 0.1) is 30.5 Å². The van der Waals surface area contributed by atoms with Crippen LogP contribution in [0.2, 0.25) is 0 Å². The summed E-state index contributed by atoms with van der Waals surface area (Å²) in [5.74, 6) is -1.02. The molecule has 0 saturated heterocycles. The quantitative estimate of drug-likeness (QED) is 0.765. The molecule has 1 aliphatic rings. The number of amides is 1. The number of hydrogen-bond donors (Lipinski definition) is 0. The Morgan fingerprint density at radius 1 is 1.23 bits per heavy atom. The van der Waals surface area contributed by atoms with Crippen molar-refractivity contribution in [3.8, 4) is 11.4 Å². The van der Waals surface area contributed by atoms with E-state index in [1.165, 1.54) is 18.2 Å². The van der Waals surface area contributed by atoms with Gasteiger partial charge in [0, 0.05) is 7.05 Å². The zero-order valence-corrected chi connectivity index (χ0v) is 14.8. The lowest BCUT2D eigenvalue weighted by molar-refractivity contribution is -0.180. The van der Waals surface area contributed by atoms with Crippen LogP contribution in [-0.4, -0.2) is 35.1 Å². The van der Waals surface area contributed by atoms with E-state index in [9.17, 15) is 13.6 Å². The van der Waals surface area contributed by atoms with Crippen molar-refractivity contribution in [1.82, 2.24) is 15.0 Å². The number of benzene rings is 1. The van der Waals surface area contributed by atoms with Crippen LogP contribution in [0.5, 0.6) is 0 Å². The van der Waals surface area contributed by atoms with Crippen molar-refractivity contribution in [2.45, 2.75) is 32.1 Å². The first-order valence-corrected chi connectivity index (χ1v) is 8.54. The molecule has 1 aromatic carbocycles. The molecule has 7 heteroatoms. The molecule has 0 spiro atoms. The normalized spacial score (nSPS) is 15.8. The highest BCUT2D eigenvalue weighted by molar-refractivity contribution is 5.82. The van der Waals surface area contributed by atoms with Crippen LogP contribution in [0.15, 0.2) is 30.6 Å². The molecule has 0 bridgehead atoms. The molecule has 0 radical (unpaired) electrons. The largest absolute Gasteiger partial charge is 0.275 e. The van der Waals surface area contributed by atoms with Gasteiger partial charge in [-0.3, -0.25) is 9.63 Å². The Labute approximate surface area is 151 Å². The van der Waals surface area contributed by atoms with Gasteiger partial charge in [0.2, 0.25) is 0 Å². The van der Waals surface area contributed by atoms with Gasteiger partial charge in [-0.15, -0.1) is 0 Å². The van der Waals surface area contributed by atoms with Crippen molar-refractivity contribution in [3.05, 3.63) is 47.8 Å². The smallest absolute Gasteiger partial charge is 0.252 e. The molecule has 1 saturated carbocycles. The van der Waals surface area contributed by atoms with Crippen molar-refractivity contribution in [1.29, 1.82) is 0 Å². The summed E-state index contributed by atoms with van der Waals surface area (Å²) < 4.78 is 27.3. The van der Waals surface area contributed by atoms with Gasteiger partial charge in [-0.2, -0.15) is 0 Å². The van der Waals surface area contributed by atoms with Crippen molar-refractivity contribution in [2.75, 3.05) is 14.2 Å². The number of rotatable bonds is 5. The summed E-state index contributed by atoms with van der Waals surface area (Å²) in [5.41, 5.74) is 0.459. The maximum absolute atomic E-state index is 14.2. The lowest BCUT2D eigenvalue weighted by atomic mass is 9.78.